The first kappa shape index (κ1) is 15.9. The van der Waals surface area contributed by atoms with Crippen molar-refractivity contribution >= 4 is 46.4 Å². The van der Waals surface area contributed by atoms with Crippen LogP contribution in [0.25, 0.3) is 0 Å². The molecule has 1 nitrogen and oxygen atoms in total. The molecule has 106 valence electrons. The summed E-state index contributed by atoms with van der Waals surface area (Å²) in [5.74, 6) is 0. The highest BCUT2D eigenvalue weighted by molar-refractivity contribution is 6.42. The van der Waals surface area contributed by atoms with Crippen LogP contribution in [0.5, 0.6) is 0 Å². The van der Waals surface area contributed by atoms with Crippen molar-refractivity contribution in [1.29, 1.82) is 0 Å². The SMILES string of the molecule is CC(NCc1ccc(Cl)cc1Cl)c1ccc(Cl)c(Cl)c1. The van der Waals surface area contributed by atoms with Crippen LogP contribution >= 0.6 is 46.4 Å². The normalized spacial score (nSPS) is 12.4. The molecule has 2 aromatic carbocycles. The molecule has 1 N–H and O–H groups in total. The van der Waals surface area contributed by atoms with E-state index < -0.39 is 0 Å². The highest BCUT2D eigenvalue weighted by atomic mass is 35.5. The minimum atomic E-state index is 0.136. The van der Waals surface area contributed by atoms with Crippen LogP contribution in [0, 0.1) is 0 Å². The summed E-state index contributed by atoms with van der Waals surface area (Å²) in [5.41, 5.74) is 2.08. The van der Waals surface area contributed by atoms with Crippen LogP contribution in [0.3, 0.4) is 0 Å². The fraction of sp³-hybridized carbons (Fsp3) is 0.200. The largest absolute Gasteiger partial charge is 0.306 e. The van der Waals surface area contributed by atoms with E-state index in [0.29, 0.717) is 26.6 Å². The topological polar surface area (TPSA) is 12.0 Å². The second-order valence-corrected chi connectivity index (χ2v) is 6.17. The second-order valence-electron chi connectivity index (χ2n) is 4.51. The Balaban J connectivity index is 2.04. The molecule has 1 unspecified atom stereocenters. The van der Waals surface area contributed by atoms with Crippen molar-refractivity contribution in [2.75, 3.05) is 0 Å². The van der Waals surface area contributed by atoms with Gasteiger partial charge < -0.3 is 5.32 Å². The standard InChI is InChI=1S/C15H13Cl4N/c1-9(10-3-5-13(17)15(19)6-10)20-8-11-2-4-12(16)7-14(11)18/h2-7,9,20H,8H2,1H3. The zero-order chi connectivity index (χ0) is 14.7. The van der Waals surface area contributed by atoms with Gasteiger partial charge in [-0.3, -0.25) is 0 Å². The lowest BCUT2D eigenvalue weighted by atomic mass is 10.1. The molecule has 0 aromatic heterocycles. The molecule has 2 rings (SSSR count). The highest BCUT2D eigenvalue weighted by Crippen LogP contribution is 2.26. The van der Waals surface area contributed by atoms with E-state index in [1.807, 2.05) is 24.3 Å². The Morgan fingerprint density at radius 1 is 0.900 bits per heavy atom. The van der Waals surface area contributed by atoms with Crippen LogP contribution in [0.1, 0.15) is 24.1 Å². The molecule has 1 atom stereocenters. The molecule has 2 aromatic rings. The quantitative estimate of drug-likeness (QED) is 0.698. The summed E-state index contributed by atoms with van der Waals surface area (Å²) >= 11 is 24.0. The maximum atomic E-state index is 6.14. The lowest BCUT2D eigenvalue weighted by molar-refractivity contribution is 0.575. The summed E-state index contributed by atoms with van der Waals surface area (Å²) in [7, 11) is 0. The number of halogens is 4. The van der Waals surface area contributed by atoms with Crippen LogP contribution in [0.4, 0.5) is 0 Å². The molecule has 0 fully saturated rings. The van der Waals surface area contributed by atoms with Crippen LogP contribution < -0.4 is 5.32 Å². The Morgan fingerprint density at radius 3 is 2.30 bits per heavy atom. The monoisotopic (exact) mass is 347 g/mol. The third-order valence-electron chi connectivity index (χ3n) is 3.06. The van der Waals surface area contributed by atoms with E-state index in [1.165, 1.54) is 0 Å². The molecule has 0 heterocycles. The van der Waals surface area contributed by atoms with Gasteiger partial charge in [-0.1, -0.05) is 58.5 Å². The Bertz CT molecular complexity index is 613. The van der Waals surface area contributed by atoms with E-state index in [2.05, 4.69) is 12.2 Å². The van der Waals surface area contributed by atoms with Gasteiger partial charge in [0.2, 0.25) is 0 Å². The number of hydrogen-bond donors (Lipinski definition) is 1. The summed E-state index contributed by atoms with van der Waals surface area (Å²) in [6.07, 6.45) is 0. The van der Waals surface area contributed by atoms with Crippen molar-refractivity contribution in [3.05, 3.63) is 67.6 Å². The van der Waals surface area contributed by atoms with Gasteiger partial charge in [0, 0.05) is 22.6 Å². The molecular formula is C15H13Cl4N. The number of hydrogen-bond acceptors (Lipinski definition) is 1. The molecule has 0 amide bonds. The van der Waals surface area contributed by atoms with E-state index in [0.717, 1.165) is 11.1 Å². The summed E-state index contributed by atoms with van der Waals surface area (Å²) in [5, 5.41) is 5.80. The van der Waals surface area contributed by atoms with Gasteiger partial charge in [-0.25, -0.2) is 0 Å². The van der Waals surface area contributed by atoms with E-state index in [4.69, 9.17) is 46.4 Å². The summed E-state index contributed by atoms with van der Waals surface area (Å²) in [6, 6.07) is 11.2. The molecule has 0 aliphatic rings. The average Bonchev–Trinajstić information content (AvgIpc) is 2.40. The van der Waals surface area contributed by atoms with Gasteiger partial charge in [-0.2, -0.15) is 0 Å². The minimum absolute atomic E-state index is 0.136. The first-order valence-electron chi connectivity index (χ1n) is 6.09. The number of rotatable bonds is 4. The molecule has 20 heavy (non-hydrogen) atoms. The minimum Gasteiger partial charge on any atom is -0.306 e. The van der Waals surface area contributed by atoms with Crippen LogP contribution in [0.2, 0.25) is 20.1 Å². The molecule has 0 aliphatic carbocycles. The zero-order valence-electron chi connectivity index (χ0n) is 10.8. The predicted octanol–water partition coefficient (Wildman–Crippen LogP) is 6.15. The van der Waals surface area contributed by atoms with E-state index >= 15 is 0 Å². The Kier molecular flexibility index (Phi) is 5.59. The first-order valence-corrected chi connectivity index (χ1v) is 7.61. The Hall–Kier alpha value is -0.440. The van der Waals surface area contributed by atoms with Gasteiger partial charge in [0.25, 0.3) is 0 Å². The molecule has 0 bridgehead atoms. The van der Waals surface area contributed by atoms with Crippen LogP contribution in [-0.4, -0.2) is 0 Å². The van der Waals surface area contributed by atoms with Crippen molar-refractivity contribution in [3.8, 4) is 0 Å². The van der Waals surface area contributed by atoms with Gasteiger partial charge >= 0.3 is 0 Å². The molecule has 0 saturated carbocycles. The average molecular weight is 349 g/mol. The lowest BCUT2D eigenvalue weighted by Crippen LogP contribution is -2.18. The highest BCUT2D eigenvalue weighted by Gasteiger charge is 2.08. The van der Waals surface area contributed by atoms with E-state index in [9.17, 15) is 0 Å². The molecule has 0 radical (unpaired) electrons. The molecule has 5 heteroatoms. The van der Waals surface area contributed by atoms with Gasteiger partial charge in [0.05, 0.1) is 10.0 Å². The summed E-state index contributed by atoms with van der Waals surface area (Å²) in [6.45, 7) is 2.71. The fourth-order valence-electron chi connectivity index (χ4n) is 1.83. The molecule has 0 aliphatic heterocycles. The summed E-state index contributed by atoms with van der Waals surface area (Å²) < 4.78 is 0. The lowest BCUT2D eigenvalue weighted by Gasteiger charge is -2.15. The van der Waals surface area contributed by atoms with Gasteiger partial charge in [-0.05, 0) is 42.3 Å². The number of benzene rings is 2. The first-order chi connectivity index (χ1) is 9.47. The Morgan fingerprint density at radius 2 is 1.65 bits per heavy atom. The van der Waals surface area contributed by atoms with Crippen LogP contribution in [-0.2, 0) is 6.54 Å². The smallest absolute Gasteiger partial charge is 0.0595 e. The van der Waals surface area contributed by atoms with Crippen molar-refractivity contribution in [2.24, 2.45) is 0 Å². The van der Waals surface area contributed by atoms with Crippen LogP contribution in [0.15, 0.2) is 36.4 Å². The van der Waals surface area contributed by atoms with Crippen molar-refractivity contribution < 1.29 is 0 Å². The zero-order valence-corrected chi connectivity index (χ0v) is 13.8. The molecular weight excluding hydrogens is 336 g/mol. The summed E-state index contributed by atoms with van der Waals surface area (Å²) in [4.78, 5) is 0. The van der Waals surface area contributed by atoms with Crippen molar-refractivity contribution in [1.82, 2.24) is 5.32 Å². The fourth-order valence-corrected chi connectivity index (χ4v) is 2.61. The van der Waals surface area contributed by atoms with Crippen molar-refractivity contribution in [3.63, 3.8) is 0 Å². The molecule has 0 saturated heterocycles. The Labute approximate surface area is 138 Å². The number of nitrogens with one attached hydrogen (secondary N) is 1. The second kappa shape index (κ2) is 7.02. The molecule has 0 spiro atoms. The third-order valence-corrected chi connectivity index (χ3v) is 4.38. The van der Waals surface area contributed by atoms with E-state index in [1.54, 1.807) is 12.1 Å². The maximum Gasteiger partial charge on any atom is 0.0595 e. The van der Waals surface area contributed by atoms with Gasteiger partial charge in [-0.15, -0.1) is 0 Å². The van der Waals surface area contributed by atoms with Gasteiger partial charge in [0.1, 0.15) is 0 Å². The third kappa shape index (κ3) is 4.03. The maximum absolute atomic E-state index is 6.14. The van der Waals surface area contributed by atoms with E-state index in [-0.39, 0.29) is 6.04 Å². The van der Waals surface area contributed by atoms with Gasteiger partial charge in [0.15, 0.2) is 0 Å². The predicted molar refractivity (Wildman–Crippen MR) is 88.2 cm³/mol. The van der Waals surface area contributed by atoms with Crippen molar-refractivity contribution in [2.45, 2.75) is 19.5 Å².